The van der Waals surface area contributed by atoms with Crippen molar-refractivity contribution in [3.63, 3.8) is 0 Å². The minimum absolute atomic E-state index is 0.0781. The first-order valence-electron chi connectivity index (χ1n) is 12.0. The molecule has 1 heterocycles. The zero-order valence-electron chi connectivity index (χ0n) is 21.0. The second-order valence-electron chi connectivity index (χ2n) is 9.56. The van der Waals surface area contributed by atoms with Gasteiger partial charge < -0.3 is 10.4 Å². The molecular formula is C28H31N5O3. The molecule has 0 aliphatic carbocycles. The highest BCUT2D eigenvalue weighted by atomic mass is 16.3. The van der Waals surface area contributed by atoms with E-state index >= 15 is 0 Å². The van der Waals surface area contributed by atoms with E-state index in [2.05, 4.69) is 15.6 Å². The van der Waals surface area contributed by atoms with Crippen molar-refractivity contribution in [1.82, 2.24) is 20.3 Å². The van der Waals surface area contributed by atoms with E-state index in [0.717, 1.165) is 11.1 Å². The van der Waals surface area contributed by atoms with Crippen molar-refractivity contribution in [2.24, 2.45) is 0 Å². The van der Waals surface area contributed by atoms with Crippen LogP contribution >= 0.6 is 0 Å². The minimum Gasteiger partial charge on any atom is -0.508 e. The van der Waals surface area contributed by atoms with Gasteiger partial charge in [0.1, 0.15) is 23.9 Å². The number of amides is 2. The topological polar surface area (TPSA) is 100 Å². The third kappa shape index (κ3) is 5.38. The monoisotopic (exact) mass is 485 g/mol. The number of carbonyl (C=O) groups is 2. The molecule has 0 saturated carbocycles. The molecule has 1 aromatic heterocycles. The molecule has 0 aliphatic heterocycles. The smallest absolute Gasteiger partial charge is 0.249 e. The fourth-order valence-electron chi connectivity index (χ4n) is 4.02. The summed E-state index contributed by atoms with van der Waals surface area (Å²) in [6.07, 6.45) is 0.713. The number of aromatic nitrogens is 3. The van der Waals surface area contributed by atoms with Crippen LogP contribution in [0.2, 0.25) is 0 Å². The van der Waals surface area contributed by atoms with Crippen LogP contribution in [0.4, 0.5) is 5.69 Å². The second-order valence-corrected chi connectivity index (χ2v) is 9.56. The van der Waals surface area contributed by atoms with Gasteiger partial charge in [0.25, 0.3) is 0 Å². The lowest BCUT2D eigenvalue weighted by Crippen LogP contribution is -2.51. The molecule has 2 amide bonds. The number of rotatable bonds is 8. The van der Waals surface area contributed by atoms with Gasteiger partial charge in [-0.05, 0) is 74.7 Å². The van der Waals surface area contributed by atoms with E-state index in [1.807, 2.05) is 76.2 Å². The largest absolute Gasteiger partial charge is 0.508 e. The first-order chi connectivity index (χ1) is 17.2. The van der Waals surface area contributed by atoms with Crippen LogP contribution in [0.15, 0.2) is 72.8 Å². The van der Waals surface area contributed by atoms with Crippen molar-refractivity contribution in [1.29, 1.82) is 0 Å². The van der Waals surface area contributed by atoms with E-state index in [4.69, 9.17) is 0 Å². The summed E-state index contributed by atoms with van der Waals surface area (Å²) < 4.78 is 1.54. The summed E-state index contributed by atoms with van der Waals surface area (Å²) in [5, 5.41) is 21.3. The van der Waals surface area contributed by atoms with Gasteiger partial charge in [0.2, 0.25) is 11.8 Å². The number of aromatic hydroxyl groups is 1. The molecule has 4 aromatic rings. The first kappa shape index (κ1) is 24.9. The van der Waals surface area contributed by atoms with Crippen LogP contribution in [-0.2, 0) is 16.1 Å². The number of nitrogens with one attached hydrogen (secondary N) is 1. The Bertz CT molecular complexity index is 1380. The maximum atomic E-state index is 14.0. The van der Waals surface area contributed by atoms with Gasteiger partial charge in [-0.3, -0.25) is 14.5 Å². The summed E-state index contributed by atoms with van der Waals surface area (Å²) in [7, 11) is 0. The van der Waals surface area contributed by atoms with Crippen LogP contribution in [0.1, 0.15) is 44.4 Å². The van der Waals surface area contributed by atoms with Crippen molar-refractivity contribution in [2.45, 2.75) is 52.2 Å². The van der Waals surface area contributed by atoms with Gasteiger partial charge in [0.15, 0.2) is 0 Å². The van der Waals surface area contributed by atoms with E-state index < -0.39 is 11.6 Å². The van der Waals surface area contributed by atoms with Crippen molar-refractivity contribution in [2.75, 3.05) is 4.90 Å². The van der Waals surface area contributed by atoms with E-state index in [1.165, 1.54) is 17.0 Å². The average molecular weight is 486 g/mol. The Morgan fingerprint density at radius 1 is 1.06 bits per heavy atom. The summed E-state index contributed by atoms with van der Waals surface area (Å²) in [6, 6.07) is 20.3. The number of carbonyl (C=O) groups excluding carboxylic acids is 2. The number of hydrogen-bond donors (Lipinski definition) is 2. The fourth-order valence-corrected chi connectivity index (χ4v) is 4.02. The van der Waals surface area contributed by atoms with Gasteiger partial charge in [-0.1, -0.05) is 48.5 Å². The molecule has 2 N–H and O–H groups in total. The maximum absolute atomic E-state index is 14.0. The van der Waals surface area contributed by atoms with Crippen molar-refractivity contribution in [3.05, 3.63) is 83.9 Å². The minimum atomic E-state index is -0.972. The number of fused-ring (bicyclic) bond motifs is 1. The van der Waals surface area contributed by atoms with E-state index in [1.54, 1.807) is 16.8 Å². The molecule has 0 aliphatic rings. The van der Waals surface area contributed by atoms with Crippen LogP contribution in [0.3, 0.4) is 0 Å². The Labute approximate surface area is 210 Å². The number of nitrogens with zero attached hydrogens (tertiary/aromatic N) is 4. The molecular weight excluding hydrogens is 454 g/mol. The summed E-state index contributed by atoms with van der Waals surface area (Å²) in [4.78, 5) is 29.3. The normalized spacial score (nSPS) is 12.3. The van der Waals surface area contributed by atoms with E-state index in [0.29, 0.717) is 23.2 Å². The predicted molar refractivity (Wildman–Crippen MR) is 140 cm³/mol. The lowest BCUT2D eigenvalue weighted by molar-refractivity contribution is -0.128. The highest BCUT2D eigenvalue weighted by molar-refractivity contribution is 6.01. The number of phenolic OH excluding ortho intramolecular Hbond substituents is 1. The van der Waals surface area contributed by atoms with Gasteiger partial charge in [0, 0.05) is 11.2 Å². The molecule has 0 unspecified atom stereocenters. The number of phenols is 1. The molecule has 8 nitrogen and oxygen atoms in total. The number of anilines is 1. The maximum Gasteiger partial charge on any atom is 0.249 e. The number of hydrogen-bond acceptors (Lipinski definition) is 5. The Hall–Kier alpha value is -4.20. The molecule has 0 bridgehead atoms. The SMILES string of the molecule is CCC(C)(C)NC(=O)[C@@H](c1ccc(O)cc1)N(C(=O)Cn1nnc2ccccc21)c1cccc(C)c1. The molecule has 0 spiro atoms. The summed E-state index contributed by atoms with van der Waals surface area (Å²) in [6.45, 7) is 7.72. The van der Waals surface area contributed by atoms with Crippen LogP contribution in [0.25, 0.3) is 11.0 Å². The van der Waals surface area contributed by atoms with Crippen LogP contribution < -0.4 is 10.2 Å². The quantitative estimate of drug-likeness (QED) is 0.382. The molecule has 186 valence electrons. The summed E-state index contributed by atoms with van der Waals surface area (Å²) >= 11 is 0. The highest BCUT2D eigenvalue weighted by Gasteiger charge is 2.35. The Balaban J connectivity index is 1.82. The standard InChI is InChI=1S/C28H31N5O3/c1-5-28(3,4)29-27(36)26(20-13-15-22(34)16-14-20)33(21-10-8-9-19(2)17-21)25(35)18-32-24-12-7-6-11-23(24)30-31-32/h6-17,26,34H,5,18H2,1-4H3,(H,29,36)/t26-/m1/s1. The van der Waals surface area contributed by atoms with Gasteiger partial charge in [-0.25, -0.2) is 4.68 Å². The van der Waals surface area contributed by atoms with Crippen molar-refractivity contribution >= 4 is 28.5 Å². The molecule has 8 heteroatoms. The Morgan fingerprint density at radius 3 is 2.47 bits per heavy atom. The highest BCUT2D eigenvalue weighted by Crippen LogP contribution is 2.31. The zero-order valence-corrected chi connectivity index (χ0v) is 21.0. The van der Waals surface area contributed by atoms with Gasteiger partial charge in [0.05, 0.1) is 5.52 Å². The number of benzene rings is 3. The van der Waals surface area contributed by atoms with Gasteiger partial charge >= 0.3 is 0 Å². The third-order valence-corrected chi connectivity index (χ3v) is 6.31. The zero-order chi connectivity index (χ0) is 25.9. The average Bonchev–Trinajstić information content (AvgIpc) is 3.25. The molecule has 1 atom stereocenters. The Morgan fingerprint density at radius 2 is 1.78 bits per heavy atom. The molecule has 0 saturated heterocycles. The lowest BCUT2D eigenvalue weighted by Gasteiger charge is -2.34. The van der Waals surface area contributed by atoms with Crippen LogP contribution in [0.5, 0.6) is 5.75 Å². The summed E-state index contributed by atoms with van der Waals surface area (Å²) in [5.41, 5.74) is 3.06. The van der Waals surface area contributed by atoms with E-state index in [-0.39, 0.29) is 24.1 Å². The van der Waals surface area contributed by atoms with Crippen molar-refractivity contribution < 1.29 is 14.7 Å². The molecule has 0 fully saturated rings. The van der Waals surface area contributed by atoms with Crippen LogP contribution in [-0.4, -0.2) is 37.5 Å². The molecule has 3 aromatic carbocycles. The fraction of sp³-hybridized carbons (Fsp3) is 0.286. The third-order valence-electron chi connectivity index (χ3n) is 6.31. The number of aryl methyl sites for hydroxylation is 1. The second kappa shape index (κ2) is 10.2. The lowest BCUT2D eigenvalue weighted by atomic mass is 9.98. The number of para-hydroxylation sites is 1. The summed E-state index contributed by atoms with van der Waals surface area (Å²) in [5.74, 6) is -0.557. The van der Waals surface area contributed by atoms with E-state index in [9.17, 15) is 14.7 Å². The van der Waals surface area contributed by atoms with Crippen LogP contribution in [0, 0.1) is 6.92 Å². The first-order valence-corrected chi connectivity index (χ1v) is 12.0. The molecule has 4 rings (SSSR count). The molecule has 0 radical (unpaired) electrons. The van der Waals surface area contributed by atoms with Gasteiger partial charge in [-0.2, -0.15) is 0 Å². The Kier molecular flexibility index (Phi) is 7.05. The molecule has 36 heavy (non-hydrogen) atoms. The van der Waals surface area contributed by atoms with Gasteiger partial charge in [-0.15, -0.1) is 5.10 Å². The predicted octanol–water partition coefficient (Wildman–Crippen LogP) is 4.52. The van der Waals surface area contributed by atoms with Crippen molar-refractivity contribution in [3.8, 4) is 5.75 Å².